The molecular weight excluding hydrogens is 326 g/mol. The molecule has 4 aliphatic rings. The van der Waals surface area contributed by atoms with Crippen molar-refractivity contribution in [2.75, 3.05) is 25.5 Å². The molecule has 128 valence electrons. The number of ether oxygens (including phenoxy) is 3. The van der Waals surface area contributed by atoms with Gasteiger partial charge in [0.25, 0.3) is 0 Å². The van der Waals surface area contributed by atoms with E-state index >= 15 is 0 Å². The van der Waals surface area contributed by atoms with E-state index in [1.165, 1.54) is 16.7 Å². The highest BCUT2D eigenvalue weighted by molar-refractivity contribution is 7.98. The Bertz CT molecular complexity index is 707. The molecule has 0 spiro atoms. The maximum Gasteiger partial charge on any atom is 0.231 e. The van der Waals surface area contributed by atoms with Crippen molar-refractivity contribution in [3.8, 4) is 11.5 Å². The average Bonchev–Trinajstić information content (AvgIpc) is 3.20. The van der Waals surface area contributed by atoms with Gasteiger partial charge in [0, 0.05) is 25.0 Å². The summed E-state index contributed by atoms with van der Waals surface area (Å²) < 4.78 is 17.0. The Kier molecular flexibility index (Phi) is 3.56. The number of aliphatic hydroxyl groups is 1. The molecule has 1 saturated heterocycles. The predicted octanol–water partition coefficient (Wildman–Crippen LogP) is 2.09. The fraction of sp³-hybridized carbons (Fsp3) is 0.556. The molecule has 5 rings (SSSR count). The van der Waals surface area contributed by atoms with Gasteiger partial charge in [-0.3, -0.25) is 4.90 Å². The molecule has 24 heavy (non-hydrogen) atoms. The first-order valence-electron chi connectivity index (χ1n) is 8.42. The van der Waals surface area contributed by atoms with Gasteiger partial charge in [-0.25, -0.2) is 0 Å². The van der Waals surface area contributed by atoms with Gasteiger partial charge in [0.05, 0.1) is 12.0 Å². The Morgan fingerprint density at radius 1 is 1.33 bits per heavy atom. The summed E-state index contributed by atoms with van der Waals surface area (Å²) in [6.07, 6.45) is 4.48. The minimum atomic E-state index is -0.536. The first-order chi connectivity index (χ1) is 11.8. The first-order valence-corrected chi connectivity index (χ1v) is 9.81. The number of benzene rings is 1. The van der Waals surface area contributed by atoms with Crippen molar-refractivity contribution in [2.24, 2.45) is 0 Å². The molecule has 5 nitrogen and oxygen atoms in total. The summed E-state index contributed by atoms with van der Waals surface area (Å²) in [5.74, 6) is 2.26. The summed E-state index contributed by atoms with van der Waals surface area (Å²) in [6, 6.07) is 4.46. The molecular formula is C18H21NO4S. The molecule has 3 aliphatic heterocycles. The highest BCUT2D eigenvalue weighted by Gasteiger charge is 2.49. The fourth-order valence-electron chi connectivity index (χ4n) is 4.63. The van der Waals surface area contributed by atoms with Gasteiger partial charge >= 0.3 is 0 Å². The zero-order valence-electron chi connectivity index (χ0n) is 13.6. The van der Waals surface area contributed by atoms with Crippen molar-refractivity contribution >= 4 is 11.8 Å². The Morgan fingerprint density at radius 2 is 2.17 bits per heavy atom. The zero-order valence-corrected chi connectivity index (χ0v) is 14.4. The Labute approximate surface area is 145 Å². The monoisotopic (exact) mass is 347 g/mol. The third-order valence-corrected chi connectivity index (χ3v) is 6.00. The lowest BCUT2D eigenvalue weighted by Crippen LogP contribution is -2.50. The molecule has 1 N–H and O–H groups in total. The molecule has 1 aromatic rings. The summed E-state index contributed by atoms with van der Waals surface area (Å²) in [5.41, 5.74) is 3.85. The van der Waals surface area contributed by atoms with Crippen LogP contribution in [0.15, 0.2) is 23.8 Å². The molecule has 0 saturated carbocycles. The van der Waals surface area contributed by atoms with E-state index in [0.717, 1.165) is 31.0 Å². The number of fused-ring (bicyclic) bond motifs is 3. The van der Waals surface area contributed by atoms with E-state index in [1.807, 2.05) is 6.26 Å². The summed E-state index contributed by atoms with van der Waals surface area (Å²) in [5, 5.41) is 11.1. The van der Waals surface area contributed by atoms with Crippen LogP contribution in [0.2, 0.25) is 0 Å². The van der Waals surface area contributed by atoms with Gasteiger partial charge in [0.15, 0.2) is 11.5 Å². The maximum atomic E-state index is 11.1. The molecule has 0 amide bonds. The Hall–Kier alpha value is -1.21. The molecule has 1 fully saturated rings. The van der Waals surface area contributed by atoms with Gasteiger partial charge < -0.3 is 19.3 Å². The van der Waals surface area contributed by atoms with Crippen LogP contribution >= 0.6 is 11.8 Å². The number of hydrogen-bond donors (Lipinski definition) is 1. The van der Waals surface area contributed by atoms with E-state index < -0.39 is 6.10 Å². The second-order valence-electron chi connectivity index (χ2n) is 6.87. The van der Waals surface area contributed by atoms with Crippen molar-refractivity contribution in [1.82, 2.24) is 4.90 Å². The standard InChI is InChI=1S/C18H21NO4S/c1-24-9-23-15-4-10-2-3-19-7-11-5-13-14(22-8-21-13)6-12(11)16(17(10)19)18(15)20/h4-6,15-18,20H,2-3,7-9H2,1H3/t15-,16-,17+,18+/m0/s1. The van der Waals surface area contributed by atoms with Crippen LogP contribution in [0.3, 0.4) is 0 Å². The van der Waals surface area contributed by atoms with E-state index in [0.29, 0.717) is 12.0 Å². The molecule has 3 heterocycles. The number of hydrogen-bond acceptors (Lipinski definition) is 6. The second-order valence-corrected chi connectivity index (χ2v) is 7.68. The van der Waals surface area contributed by atoms with Crippen LogP contribution in [-0.2, 0) is 11.3 Å². The normalized spacial score (nSPS) is 33.2. The molecule has 6 heteroatoms. The highest BCUT2D eigenvalue weighted by atomic mass is 32.2. The predicted molar refractivity (Wildman–Crippen MR) is 91.5 cm³/mol. The molecule has 0 unspecified atom stereocenters. The van der Waals surface area contributed by atoms with Gasteiger partial charge in [-0.05, 0) is 35.9 Å². The third-order valence-electron chi connectivity index (χ3n) is 5.63. The van der Waals surface area contributed by atoms with Crippen LogP contribution < -0.4 is 9.47 Å². The van der Waals surface area contributed by atoms with Crippen LogP contribution in [0.1, 0.15) is 23.5 Å². The van der Waals surface area contributed by atoms with Crippen LogP contribution in [0.5, 0.6) is 11.5 Å². The van der Waals surface area contributed by atoms with Crippen molar-refractivity contribution in [2.45, 2.75) is 37.1 Å². The second kappa shape index (κ2) is 5.66. The number of rotatable bonds is 3. The summed E-state index contributed by atoms with van der Waals surface area (Å²) in [6.45, 7) is 2.24. The van der Waals surface area contributed by atoms with Crippen LogP contribution in [-0.4, -0.2) is 53.8 Å². The van der Waals surface area contributed by atoms with Gasteiger partial charge in [-0.2, -0.15) is 0 Å². The lowest BCUT2D eigenvalue weighted by atomic mass is 9.73. The molecule has 0 radical (unpaired) electrons. The summed E-state index contributed by atoms with van der Waals surface area (Å²) >= 11 is 1.64. The van der Waals surface area contributed by atoms with Crippen LogP contribution in [0.4, 0.5) is 0 Å². The largest absolute Gasteiger partial charge is 0.454 e. The number of aliphatic hydroxyl groups excluding tert-OH is 1. The van der Waals surface area contributed by atoms with Gasteiger partial charge in [-0.1, -0.05) is 11.6 Å². The maximum absolute atomic E-state index is 11.1. The SMILES string of the molecule is CSCO[C@H]1C=C2CCN3Cc4cc5c(cc4[C@H]([C@@H]1O)[C@@H]23)OCO5. The molecule has 0 bridgehead atoms. The van der Waals surface area contributed by atoms with Gasteiger partial charge in [-0.15, -0.1) is 11.8 Å². The fourth-order valence-corrected chi connectivity index (χ4v) is 4.92. The van der Waals surface area contributed by atoms with E-state index in [-0.39, 0.29) is 18.8 Å². The quantitative estimate of drug-likeness (QED) is 0.667. The minimum absolute atomic E-state index is 0.0395. The van der Waals surface area contributed by atoms with E-state index in [4.69, 9.17) is 14.2 Å². The van der Waals surface area contributed by atoms with Crippen molar-refractivity contribution in [1.29, 1.82) is 0 Å². The average molecular weight is 347 g/mol. The minimum Gasteiger partial charge on any atom is -0.454 e. The summed E-state index contributed by atoms with van der Waals surface area (Å²) in [4.78, 5) is 2.48. The van der Waals surface area contributed by atoms with Crippen molar-refractivity contribution < 1.29 is 19.3 Å². The molecule has 4 atom stereocenters. The van der Waals surface area contributed by atoms with E-state index in [9.17, 15) is 5.11 Å². The Balaban J connectivity index is 1.59. The molecule has 1 aliphatic carbocycles. The van der Waals surface area contributed by atoms with Crippen LogP contribution in [0, 0.1) is 0 Å². The lowest BCUT2D eigenvalue weighted by molar-refractivity contribution is -0.0277. The molecule has 0 aromatic heterocycles. The molecule has 1 aromatic carbocycles. The van der Waals surface area contributed by atoms with Crippen molar-refractivity contribution in [3.63, 3.8) is 0 Å². The van der Waals surface area contributed by atoms with Crippen LogP contribution in [0.25, 0.3) is 0 Å². The van der Waals surface area contributed by atoms with Crippen molar-refractivity contribution in [3.05, 3.63) is 34.9 Å². The Morgan fingerprint density at radius 3 is 3.00 bits per heavy atom. The van der Waals surface area contributed by atoms with E-state index in [2.05, 4.69) is 23.1 Å². The zero-order chi connectivity index (χ0) is 16.3. The topological polar surface area (TPSA) is 51.2 Å². The summed E-state index contributed by atoms with van der Waals surface area (Å²) in [7, 11) is 0. The third kappa shape index (κ3) is 2.13. The lowest BCUT2D eigenvalue weighted by Gasteiger charge is -2.45. The smallest absolute Gasteiger partial charge is 0.231 e. The first kappa shape index (κ1) is 15.1. The number of thioether (sulfide) groups is 1. The van der Waals surface area contributed by atoms with Gasteiger partial charge in [0.1, 0.15) is 6.10 Å². The van der Waals surface area contributed by atoms with E-state index in [1.54, 1.807) is 11.8 Å². The van der Waals surface area contributed by atoms with Gasteiger partial charge in [0.2, 0.25) is 6.79 Å². The highest BCUT2D eigenvalue weighted by Crippen LogP contribution is 2.49. The number of nitrogens with zero attached hydrogens (tertiary/aromatic N) is 1.